The van der Waals surface area contributed by atoms with Gasteiger partial charge in [-0.25, -0.2) is 5.10 Å². The molecule has 0 atom stereocenters. The monoisotopic (exact) mass is 274 g/mol. The van der Waals surface area contributed by atoms with Crippen LogP contribution in [0.25, 0.3) is 0 Å². The molecular formula is C13H14N4O3. The summed E-state index contributed by atoms with van der Waals surface area (Å²) in [6.45, 7) is 1.95. The fourth-order valence-electron chi connectivity index (χ4n) is 1.69. The number of benzene rings is 1. The highest BCUT2D eigenvalue weighted by Crippen LogP contribution is 2.13. The van der Waals surface area contributed by atoms with Crippen molar-refractivity contribution >= 4 is 17.8 Å². The van der Waals surface area contributed by atoms with Crippen molar-refractivity contribution < 1.29 is 14.7 Å². The lowest BCUT2D eigenvalue weighted by molar-refractivity contribution is -0.136. The minimum Gasteiger partial charge on any atom is -0.481 e. The molecule has 20 heavy (non-hydrogen) atoms. The molecule has 0 aliphatic heterocycles. The maximum absolute atomic E-state index is 12.4. The first kappa shape index (κ1) is 13.7. The highest BCUT2D eigenvalue weighted by Gasteiger charge is 2.20. The van der Waals surface area contributed by atoms with Crippen LogP contribution >= 0.6 is 0 Å². The molecule has 2 N–H and O–H groups in total. The van der Waals surface area contributed by atoms with Crippen LogP contribution in [0.2, 0.25) is 0 Å². The number of H-pyrrole nitrogens is 1. The number of anilines is 1. The van der Waals surface area contributed by atoms with Crippen LogP contribution in [-0.4, -0.2) is 38.7 Å². The lowest BCUT2D eigenvalue weighted by Gasteiger charge is -2.18. The van der Waals surface area contributed by atoms with E-state index >= 15 is 0 Å². The van der Waals surface area contributed by atoms with Gasteiger partial charge in [0.05, 0.1) is 6.42 Å². The summed E-state index contributed by atoms with van der Waals surface area (Å²) >= 11 is 0. The number of hydrogen-bond donors (Lipinski definition) is 2. The molecule has 1 aromatic carbocycles. The molecule has 0 spiro atoms. The number of aryl methyl sites for hydroxylation is 1. The van der Waals surface area contributed by atoms with E-state index in [1.807, 2.05) is 19.1 Å². The zero-order chi connectivity index (χ0) is 14.5. The van der Waals surface area contributed by atoms with Crippen molar-refractivity contribution in [2.45, 2.75) is 13.3 Å². The third kappa shape index (κ3) is 3.19. The van der Waals surface area contributed by atoms with E-state index in [1.54, 1.807) is 12.1 Å². The number of hydrogen-bond acceptors (Lipinski definition) is 4. The molecule has 104 valence electrons. The highest BCUT2D eigenvalue weighted by molar-refractivity contribution is 6.05. The van der Waals surface area contributed by atoms with Gasteiger partial charge in [0, 0.05) is 12.1 Å². The Morgan fingerprint density at radius 2 is 2.00 bits per heavy atom. The van der Waals surface area contributed by atoms with Gasteiger partial charge in [-0.3, -0.25) is 14.5 Å². The Morgan fingerprint density at radius 3 is 2.55 bits per heavy atom. The third-order valence-corrected chi connectivity index (χ3v) is 2.75. The smallest absolute Gasteiger partial charge is 0.305 e. The summed E-state index contributed by atoms with van der Waals surface area (Å²) in [5, 5.41) is 15.0. The molecule has 2 aromatic rings. The number of nitrogens with zero attached hydrogens (tertiary/aromatic N) is 3. The molecule has 7 nitrogen and oxygen atoms in total. The van der Waals surface area contributed by atoms with Crippen molar-refractivity contribution in [1.29, 1.82) is 0 Å². The quantitative estimate of drug-likeness (QED) is 0.854. The fraction of sp³-hybridized carbons (Fsp3) is 0.231. The van der Waals surface area contributed by atoms with E-state index in [0.29, 0.717) is 5.56 Å². The van der Waals surface area contributed by atoms with Crippen molar-refractivity contribution in [2.24, 2.45) is 0 Å². The molecule has 0 saturated heterocycles. The SMILES string of the molecule is Cc1ccc(C(=O)N(CCC(=O)O)c2ncn[nH]2)cc1. The largest absolute Gasteiger partial charge is 0.481 e. The molecule has 7 heteroatoms. The maximum atomic E-state index is 12.4. The summed E-state index contributed by atoms with van der Waals surface area (Å²) in [6.07, 6.45) is 1.10. The van der Waals surface area contributed by atoms with Crippen LogP contribution in [-0.2, 0) is 4.79 Å². The average molecular weight is 274 g/mol. The average Bonchev–Trinajstić information content (AvgIpc) is 2.93. The van der Waals surface area contributed by atoms with Gasteiger partial charge in [-0.05, 0) is 19.1 Å². The molecule has 0 fully saturated rings. The third-order valence-electron chi connectivity index (χ3n) is 2.75. The summed E-state index contributed by atoms with van der Waals surface area (Å²) in [5.74, 6) is -1.06. The van der Waals surface area contributed by atoms with Crippen molar-refractivity contribution in [3.05, 3.63) is 41.7 Å². The van der Waals surface area contributed by atoms with E-state index in [2.05, 4.69) is 15.2 Å². The van der Waals surface area contributed by atoms with E-state index in [4.69, 9.17) is 5.11 Å². The number of aromatic amines is 1. The lowest BCUT2D eigenvalue weighted by Crippen LogP contribution is -2.34. The lowest BCUT2D eigenvalue weighted by atomic mass is 10.1. The fourth-order valence-corrected chi connectivity index (χ4v) is 1.69. The minimum atomic E-state index is -0.980. The van der Waals surface area contributed by atoms with E-state index < -0.39 is 5.97 Å². The second-order valence-corrected chi connectivity index (χ2v) is 4.28. The Bertz CT molecular complexity index is 593. The number of rotatable bonds is 5. The molecule has 0 saturated carbocycles. The van der Waals surface area contributed by atoms with Crippen LogP contribution in [0, 0.1) is 6.92 Å². The normalized spacial score (nSPS) is 10.2. The van der Waals surface area contributed by atoms with Crippen LogP contribution in [0.4, 0.5) is 5.95 Å². The van der Waals surface area contributed by atoms with Gasteiger partial charge < -0.3 is 5.11 Å². The summed E-state index contributed by atoms with van der Waals surface area (Å²) in [6, 6.07) is 7.04. The zero-order valence-corrected chi connectivity index (χ0v) is 10.9. The van der Waals surface area contributed by atoms with Crippen LogP contribution in [0.1, 0.15) is 22.3 Å². The molecule has 1 amide bonds. The molecule has 1 aromatic heterocycles. The predicted molar refractivity (Wildman–Crippen MR) is 71.5 cm³/mol. The minimum absolute atomic E-state index is 0.0250. The van der Waals surface area contributed by atoms with Gasteiger partial charge in [-0.15, -0.1) is 0 Å². The highest BCUT2D eigenvalue weighted by atomic mass is 16.4. The molecule has 0 aliphatic rings. The number of carbonyl (C=O) groups excluding carboxylic acids is 1. The molecule has 0 unspecified atom stereocenters. The topological polar surface area (TPSA) is 99.2 Å². The van der Waals surface area contributed by atoms with E-state index in [9.17, 15) is 9.59 Å². The van der Waals surface area contributed by atoms with Gasteiger partial charge in [0.1, 0.15) is 6.33 Å². The first-order valence-corrected chi connectivity index (χ1v) is 6.03. The van der Waals surface area contributed by atoms with E-state index in [-0.39, 0.29) is 24.8 Å². The second kappa shape index (κ2) is 5.96. The summed E-state index contributed by atoms with van der Waals surface area (Å²) in [7, 11) is 0. The standard InChI is InChI=1S/C13H14N4O3/c1-9-2-4-10(5-3-9)12(20)17(7-6-11(18)19)13-14-8-15-16-13/h2-5,8H,6-7H2,1H3,(H,18,19)(H,14,15,16). The van der Waals surface area contributed by atoms with Gasteiger partial charge in [-0.2, -0.15) is 10.1 Å². The first-order valence-electron chi connectivity index (χ1n) is 6.03. The molecule has 0 bridgehead atoms. The Hall–Kier alpha value is -2.70. The molecule has 2 rings (SSSR count). The molecule has 0 radical (unpaired) electrons. The van der Waals surface area contributed by atoms with Crippen molar-refractivity contribution in [3.8, 4) is 0 Å². The Balaban J connectivity index is 2.23. The first-order chi connectivity index (χ1) is 9.58. The Kier molecular flexibility index (Phi) is 4.09. The number of aliphatic carboxylic acids is 1. The van der Waals surface area contributed by atoms with Crippen molar-refractivity contribution in [1.82, 2.24) is 15.2 Å². The Morgan fingerprint density at radius 1 is 1.30 bits per heavy atom. The number of carboxylic acids is 1. The van der Waals surface area contributed by atoms with Crippen LogP contribution in [0.5, 0.6) is 0 Å². The number of carboxylic acid groups (broad SMARTS) is 1. The number of carbonyl (C=O) groups is 2. The summed E-state index contributed by atoms with van der Waals surface area (Å²) < 4.78 is 0. The van der Waals surface area contributed by atoms with Gasteiger partial charge in [-0.1, -0.05) is 17.7 Å². The Labute approximate surface area is 115 Å². The van der Waals surface area contributed by atoms with Crippen molar-refractivity contribution in [2.75, 3.05) is 11.4 Å². The van der Waals surface area contributed by atoms with Gasteiger partial charge in [0.2, 0.25) is 5.95 Å². The van der Waals surface area contributed by atoms with E-state index in [0.717, 1.165) is 5.56 Å². The van der Waals surface area contributed by atoms with Gasteiger partial charge >= 0.3 is 5.97 Å². The molecular weight excluding hydrogens is 260 g/mol. The van der Waals surface area contributed by atoms with Gasteiger partial charge in [0.15, 0.2) is 0 Å². The zero-order valence-electron chi connectivity index (χ0n) is 10.9. The second-order valence-electron chi connectivity index (χ2n) is 4.28. The molecule has 0 aliphatic carbocycles. The number of amides is 1. The number of nitrogens with one attached hydrogen (secondary N) is 1. The van der Waals surface area contributed by atoms with E-state index in [1.165, 1.54) is 11.2 Å². The van der Waals surface area contributed by atoms with Crippen LogP contribution in [0.3, 0.4) is 0 Å². The van der Waals surface area contributed by atoms with Crippen LogP contribution in [0.15, 0.2) is 30.6 Å². The van der Waals surface area contributed by atoms with Gasteiger partial charge in [0.25, 0.3) is 5.91 Å². The summed E-state index contributed by atoms with van der Waals surface area (Å²) in [4.78, 5) is 28.3. The number of aromatic nitrogens is 3. The maximum Gasteiger partial charge on any atom is 0.305 e. The molecule has 1 heterocycles. The van der Waals surface area contributed by atoms with Crippen LogP contribution < -0.4 is 4.90 Å². The summed E-state index contributed by atoms with van der Waals surface area (Å²) in [5.41, 5.74) is 1.51. The van der Waals surface area contributed by atoms with Crippen molar-refractivity contribution in [3.63, 3.8) is 0 Å². The predicted octanol–water partition coefficient (Wildman–Crippen LogP) is 1.23.